The molecule has 1 atom stereocenters. The molecule has 0 aliphatic carbocycles. The van der Waals surface area contributed by atoms with Gasteiger partial charge in [-0.2, -0.15) is 0 Å². The molecule has 6 nitrogen and oxygen atoms in total. The van der Waals surface area contributed by atoms with Gasteiger partial charge in [0.1, 0.15) is 5.82 Å². The number of nitrogens with zero attached hydrogens (tertiary/aromatic N) is 3. The lowest BCUT2D eigenvalue weighted by atomic mass is 10.0. The first-order valence-corrected chi connectivity index (χ1v) is 11.6. The molecule has 2 amide bonds. The van der Waals surface area contributed by atoms with Crippen LogP contribution < -0.4 is 15.5 Å². The molecule has 1 aromatic carbocycles. The number of benzene rings is 1. The number of amides is 2. The lowest BCUT2D eigenvalue weighted by Crippen LogP contribution is -2.51. The fourth-order valence-electron chi connectivity index (χ4n) is 4.41. The minimum Gasteiger partial charge on any atom is -0.367 e. The minimum atomic E-state index is -0.193. The molecule has 168 valence electrons. The summed E-state index contributed by atoms with van der Waals surface area (Å²) in [5.74, 6) is -0.193. The van der Waals surface area contributed by atoms with Gasteiger partial charge >= 0.3 is 6.03 Å². The number of hydrogen-bond donors (Lipinski definition) is 2. The third-order valence-corrected chi connectivity index (χ3v) is 6.30. The number of unbranched alkanes of at least 4 members (excludes halogenated alkanes) is 1. The number of aryl methyl sites for hydroxylation is 1. The van der Waals surface area contributed by atoms with E-state index in [2.05, 4.69) is 32.3 Å². The van der Waals surface area contributed by atoms with Crippen molar-refractivity contribution in [2.45, 2.75) is 45.6 Å². The number of carbonyl (C=O) groups excluding carboxylic acids is 1. The Morgan fingerprint density at radius 2 is 1.90 bits per heavy atom. The highest BCUT2D eigenvalue weighted by Gasteiger charge is 2.23. The van der Waals surface area contributed by atoms with Gasteiger partial charge in [0.05, 0.1) is 5.69 Å². The van der Waals surface area contributed by atoms with Crippen molar-refractivity contribution in [2.75, 3.05) is 63.8 Å². The highest BCUT2D eigenvalue weighted by atomic mass is 19.1. The summed E-state index contributed by atoms with van der Waals surface area (Å²) in [7, 11) is 0. The quantitative estimate of drug-likeness (QED) is 0.637. The standard InChI is InChI=1S/C23H38FN5O/c1-3-27-13-15-28(16-14-27)11-5-4-10-25-23(30)26-20-7-6-12-29(18-20)22-17-19(2)8-9-21(22)24/h8-9,17,20H,3-7,10-16,18H2,1-2H3,(H2,25,26,30). The summed E-state index contributed by atoms with van der Waals surface area (Å²) < 4.78 is 14.2. The maximum atomic E-state index is 14.2. The molecule has 2 heterocycles. The zero-order chi connectivity index (χ0) is 21.3. The minimum absolute atomic E-state index is 0.0496. The summed E-state index contributed by atoms with van der Waals surface area (Å²) in [5.41, 5.74) is 1.69. The Bertz CT molecular complexity index is 678. The molecule has 0 bridgehead atoms. The van der Waals surface area contributed by atoms with Crippen molar-refractivity contribution in [3.8, 4) is 0 Å². The number of carbonyl (C=O) groups is 1. The Morgan fingerprint density at radius 3 is 2.67 bits per heavy atom. The van der Waals surface area contributed by atoms with Crippen molar-refractivity contribution in [3.63, 3.8) is 0 Å². The predicted octanol–water partition coefficient (Wildman–Crippen LogP) is 2.82. The van der Waals surface area contributed by atoms with Crippen molar-refractivity contribution in [1.82, 2.24) is 20.4 Å². The van der Waals surface area contributed by atoms with Crippen molar-refractivity contribution >= 4 is 11.7 Å². The molecule has 0 aromatic heterocycles. The zero-order valence-corrected chi connectivity index (χ0v) is 18.6. The zero-order valence-electron chi connectivity index (χ0n) is 18.6. The summed E-state index contributed by atoms with van der Waals surface area (Å²) >= 11 is 0. The summed E-state index contributed by atoms with van der Waals surface area (Å²) in [6.45, 7) is 13.3. The predicted molar refractivity (Wildman–Crippen MR) is 121 cm³/mol. The largest absolute Gasteiger partial charge is 0.367 e. The number of halogens is 1. The van der Waals surface area contributed by atoms with E-state index in [1.807, 2.05) is 13.0 Å². The number of likely N-dealkylation sites (N-methyl/N-ethyl adjacent to an activating group) is 1. The average molecular weight is 420 g/mol. The Kier molecular flexibility index (Phi) is 8.75. The Balaban J connectivity index is 1.31. The molecular weight excluding hydrogens is 381 g/mol. The van der Waals surface area contributed by atoms with Crippen molar-refractivity contribution in [2.24, 2.45) is 0 Å². The van der Waals surface area contributed by atoms with Crippen LogP contribution >= 0.6 is 0 Å². The third kappa shape index (κ3) is 6.84. The van der Waals surface area contributed by atoms with Crippen LogP contribution in [0.2, 0.25) is 0 Å². The van der Waals surface area contributed by atoms with E-state index in [9.17, 15) is 9.18 Å². The van der Waals surface area contributed by atoms with E-state index in [1.165, 1.54) is 19.2 Å². The first-order chi connectivity index (χ1) is 14.5. The first-order valence-electron chi connectivity index (χ1n) is 11.6. The van der Waals surface area contributed by atoms with Crippen LogP contribution in [0, 0.1) is 12.7 Å². The Labute approximate surface area is 180 Å². The number of rotatable bonds is 8. The molecule has 7 heteroatoms. The average Bonchev–Trinajstić information content (AvgIpc) is 2.76. The molecule has 0 spiro atoms. The number of nitrogens with one attached hydrogen (secondary N) is 2. The number of urea groups is 1. The molecule has 0 radical (unpaired) electrons. The van der Waals surface area contributed by atoms with Gasteiger partial charge in [0.25, 0.3) is 0 Å². The van der Waals surface area contributed by atoms with Crippen LogP contribution in [0.1, 0.15) is 38.2 Å². The second kappa shape index (κ2) is 11.5. The summed E-state index contributed by atoms with van der Waals surface area (Å²) in [5, 5.41) is 6.06. The lowest BCUT2D eigenvalue weighted by Gasteiger charge is -2.35. The summed E-state index contributed by atoms with van der Waals surface area (Å²) in [6.07, 6.45) is 3.98. The van der Waals surface area contributed by atoms with Gasteiger partial charge in [0.15, 0.2) is 0 Å². The van der Waals surface area contributed by atoms with Gasteiger partial charge < -0.3 is 25.3 Å². The van der Waals surface area contributed by atoms with E-state index in [-0.39, 0.29) is 17.9 Å². The van der Waals surface area contributed by atoms with E-state index in [1.54, 1.807) is 6.07 Å². The van der Waals surface area contributed by atoms with E-state index < -0.39 is 0 Å². The highest BCUT2D eigenvalue weighted by molar-refractivity contribution is 5.74. The van der Waals surface area contributed by atoms with Crippen LogP contribution in [0.4, 0.5) is 14.9 Å². The lowest BCUT2D eigenvalue weighted by molar-refractivity contribution is 0.135. The maximum absolute atomic E-state index is 14.2. The third-order valence-electron chi connectivity index (χ3n) is 6.30. The summed E-state index contributed by atoms with van der Waals surface area (Å²) in [4.78, 5) is 19.3. The van der Waals surface area contributed by atoms with Crippen molar-refractivity contribution < 1.29 is 9.18 Å². The van der Waals surface area contributed by atoms with Gasteiger partial charge in [-0.1, -0.05) is 13.0 Å². The Morgan fingerprint density at radius 1 is 1.13 bits per heavy atom. The van der Waals surface area contributed by atoms with Crippen LogP contribution in [-0.4, -0.2) is 80.8 Å². The van der Waals surface area contributed by atoms with Gasteiger partial charge in [0.2, 0.25) is 0 Å². The van der Waals surface area contributed by atoms with Crippen LogP contribution in [0.5, 0.6) is 0 Å². The van der Waals surface area contributed by atoms with Gasteiger partial charge in [-0.25, -0.2) is 9.18 Å². The fraction of sp³-hybridized carbons (Fsp3) is 0.696. The molecule has 3 rings (SSSR count). The molecule has 1 aromatic rings. The normalized spacial score (nSPS) is 20.9. The van der Waals surface area contributed by atoms with Gasteiger partial charge in [0, 0.05) is 51.9 Å². The van der Waals surface area contributed by atoms with Gasteiger partial charge in [-0.3, -0.25) is 0 Å². The van der Waals surface area contributed by atoms with E-state index >= 15 is 0 Å². The van der Waals surface area contributed by atoms with Gasteiger partial charge in [-0.15, -0.1) is 0 Å². The molecule has 1 unspecified atom stereocenters. The van der Waals surface area contributed by atoms with E-state index in [0.717, 1.165) is 64.0 Å². The first kappa shape index (κ1) is 22.8. The van der Waals surface area contributed by atoms with E-state index in [4.69, 9.17) is 0 Å². The number of hydrogen-bond acceptors (Lipinski definition) is 4. The summed E-state index contributed by atoms with van der Waals surface area (Å²) in [6, 6.07) is 5.14. The molecule has 0 saturated carbocycles. The van der Waals surface area contributed by atoms with Crippen LogP contribution in [0.3, 0.4) is 0 Å². The number of piperazine rings is 1. The highest BCUT2D eigenvalue weighted by Crippen LogP contribution is 2.24. The molecular formula is C23H38FN5O. The fourth-order valence-corrected chi connectivity index (χ4v) is 4.41. The molecule has 30 heavy (non-hydrogen) atoms. The maximum Gasteiger partial charge on any atom is 0.315 e. The molecule has 2 N–H and O–H groups in total. The molecule has 2 saturated heterocycles. The molecule has 2 fully saturated rings. The van der Waals surface area contributed by atoms with Gasteiger partial charge in [-0.05, 0) is 63.4 Å². The Hall–Kier alpha value is -1.86. The van der Waals surface area contributed by atoms with Crippen molar-refractivity contribution in [1.29, 1.82) is 0 Å². The molecule has 2 aliphatic rings. The second-order valence-corrected chi connectivity index (χ2v) is 8.62. The second-order valence-electron chi connectivity index (χ2n) is 8.62. The van der Waals surface area contributed by atoms with Crippen molar-refractivity contribution in [3.05, 3.63) is 29.6 Å². The van der Waals surface area contributed by atoms with E-state index in [0.29, 0.717) is 18.8 Å². The monoisotopic (exact) mass is 419 g/mol. The smallest absolute Gasteiger partial charge is 0.315 e. The SMILES string of the molecule is CCN1CCN(CCCCNC(=O)NC2CCCN(c3cc(C)ccc3F)C2)CC1. The number of anilines is 1. The molecule has 2 aliphatic heterocycles. The van der Waals surface area contributed by atoms with Crippen LogP contribution in [0.15, 0.2) is 18.2 Å². The number of piperidine rings is 1. The van der Waals surface area contributed by atoms with Crippen LogP contribution in [0.25, 0.3) is 0 Å². The topological polar surface area (TPSA) is 50.9 Å². The van der Waals surface area contributed by atoms with Crippen LogP contribution in [-0.2, 0) is 0 Å².